The highest BCUT2D eigenvalue weighted by atomic mass is 19.1. The molecular weight excluding hydrogens is 394 g/mol. The van der Waals surface area contributed by atoms with Crippen LogP contribution in [-0.2, 0) is 0 Å². The van der Waals surface area contributed by atoms with Crippen LogP contribution in [0, 0.1) is 11.6 Å². The van der Waals surface area contributed by atoms with Gasteiger partial charge in [-0.1, -0.05) is 24.3 Å². The van der Waals surface area contributed by atoms with Gasteiger partial charge >= 0.3 is 0 Å². The van der Waals surface area contributed by atoms with Crippen molar-refractivity contribution < 1.29 is 13.5 Å². The van der Waals surface area contributed by atoms with Crippen LogP contribution >= 0.6 is 0 Å². The van der Waals surface area contributed by atoms with E-state index in [-0.39, 0.29) is 11.6 Å². The van der Waals surface area contributed by atoms with Crippen molar-refractivity contribution in [1.29, 1.82) is 0 Å². The zero-order valence-electron chi connectivity index (χ0n) is 16.5. The van der Waals surface area contributed by atoms with E-state index in [0.29, 0.717) is 22.6 Å². The molecule has 0 aliphatic rings. The van der Waals surface area contributed by atoms with Crippen LogP contribution in [0.2, 0.25) is 0 Å². The van der Waals surface area contributed by atoms with E-state index >= 15 is 0 Å². The molecular formula is C26H18F2N2O. The molecule has 0 amide bonds. The van der Waals surface area contributed by atoms with Crippen LogP contribution in [0.5, 0.6) is 11.5 Å². The van der Waals surface area contributed by atoms with Gasteiger partial charge in [-0.25, -0.2) is 8.78 Å². The fourth-order valence-corrected chi connectivity index (χ4v) is 2.81. The second-order valence-corrected chi connectivity index (χ2v) is 6.72. The van der Waals surface area contributed by atoms with Crippen LogP contribution in [0.3, 0.4) is 0 Å². The smallest absolute Gasteiger partial charge is 0.127 e. The number of benzene rings is 4. The monoisotopic (exact) mass is 412 g/mol. The van der Waals surface area contributed by atoms with Gasteiger partial charge < -0.3 is 4.74 Å². The summed E-state index contributed by atoms with van der Waals surface area (Å²) >= 11 is 0. The third kappa shape index (κ3) is 5.93. The van der Waals surface area contributed by atoms with Crippen LogP contribution < -0.4 is 4.74 Å². The number of hydrogen-bond acceptors (Lipinski definition) is 3. The number of aliphatic imine (C=N–C) groups is 2. The van der Waals surface area contributed by atoms with Crippen molar-refractivity contribution in [3.8, 4) is 11.5 Å². The second kappa shape index (κ2) is 9.59. The van der Waals surface area contributed by atoms with Crippen LogP contribution in [-0.4, -0.2) is 12.4 Å². The zero-order chi connectivity index (χ0) is 21.5. The molecule has 3 nitrogen and oxygen atoms in total. The van der Waals surface area contributed by atoms with E-state index in [1.807, 2.05) is 48.5 Å². The Bertz CT molecular complexity index is 1120. The van der Waals surface area contributed by atoms with Crippen molar-refractivity contribution in [3.63, 3.8) is 0 Å². The van der Waals surface area contributed by atoms with E-state index in [0.717, 1.165) is 11.4 Å². The summed E-state index contributed by atoms with van der Waals surface area (Å²) in [5, 5.41) is 0. The predicted octanol–water partition coefficient (Wildman–Crippen LogP) is 7.26. The van der Waals surface area contributed by atoms with Gasteiger partial charge in [-0.15, -0.1) is 0 Å². The summed E-state index contributed by atoms with van der Waals surface area (Å²) < 4.78 is 32.3. The Balaban J connectivity index is 1.37. The SMILES string of the molecule is Fc1cccc(C=Nc2ccc(Oc3ccc(N=Cc4cccc(F)c4)cc3)cc2)c1. The molecule has 0 bridgehead atoms. The first kappa shape index (κ1) is 20.2. The highest BCUT2D eigenvalue weighted by Gasteiger charge is 1.99. The number of ether oxygens (including phenoxy) is 1. The summed E-state index contributed by atoms with van der Waals surface area (Å²) in [6, 6.07) is 27.0. The minimum absolute atomic E-state index is 0.293. The molecule has 0 unspecified atom stereocenters. The van der Waals surface area contributed by atoms with E-state index in [1.54, 1.807) is 36.7 Å². The van der Waals surface area contributed by atoms with Gasteiger partial charge in [0.2, 0.25) is 0 Å². The fraction of sp³-hybridized carbons (Fsp3) is 0. The van der Waals surface area contributed by atoms with Crippen molar-refractivity contribution >= 4 is 23.8 Å². The van der Waals surface area contributed by atoms with Crippen molar-refractivity contribution in [2.45, 2.75) is 0 Å². The van der Waals surface area contributed by atoms with E-state index < -0.39 is 0 Å². The van der Waals surface area contributed by atoms with Gasteiger partial charge in [0.15, 0.2) is 0 Å². The summed E-state index contributed by atoms with van der Waals surface area (Å²) in [6.45, 7) is 0. The topological polar surface area (TPSA) is 34.0 Å². The lowest BCUT2D eigenvalue weighted by Gasteiger charge is -2.06. The quantitative estimate of drug-likeness (QED) is 0.307. The summed E-state index contributed by atoms with van der Waals surface area (Å²) in [6.07, 6.45) is 3.23. The van der Waals surface area contributed by atoms with E-state index in [4.69, 9.17) is 4.74 Å². The maximum atomic E-state index is 13.2. The molecule has 0 aliphatic carbocycles. The van der Waals surface area contributed by atoms with E-state index in [1.165, 1.54) is 24.3 Å². The molecule has 31 heavy (non-hydrogen) atoms. The average Bonchev–Trinajstić information content (AvgIpc) is 2.78. The van der Waals surface area contributed by atoms with Crippen LogP contribution in [0.4, 0.5) is 20.2 Å². The molecule has 0 fully saturated rings. The standard InChI is InChI=1S/C26H18F2N2O/c27-21-5-1-3-19(15-21)17-29-23-7-11-25(12-8-23)31-26-13-9-24(10-14-26)30-18-20-4-2-6-22(28)16-20/h1-18H. The Labute approximate surface area is 179 Å². The highest BCUT2D eigenvalue weighted by molar-refractivity contribution is 5.82. The van der Waals surface area contributed by atoms with Gasteiger partial charge in [0.05, 0.1) is 11.4 Å². The van der Waals surface area contributed by atoms with Crippen molar-refractivity contribution in [2.75, 3.05) is 0 Å². The summed E-state index contributed by atoms with van der Waals surface area (Å²) in [7, 11) is 0. The molecule has 0 radical (unpaired) electrons. The summed E-state index contributed by atoms with van der Waals surface area (Å²) in [4.78, 5) is 8.68. The minimum Gasteiger partial charge on any atom is -0.457 e. The lowest BCUT2D eigenvalue weighted by atomic mass is 10.2. The van der Waals surface area contributed by atoms with Gasteiger partial charge in [0.25, 0.3) is 0 Å². The maximum Gasteiger partial charge on any atom is 0.127 e. The Kier molecular flexibility index (Phi) is 6.24. The van der Waals surface area contributed by atoms with E-state index in [9.17, 15) is 8.78 Å². The predicted molar refractivity (Wildman–Crippen MR) is 120 cm³/mol. The van der Waals surface area contributed by atoms with Crippen molar-refractivity contribution in [1.82, 2.24) is 0 Å². The third-order valence-electron chi connectivity index (χ3n) is 4.33. The molecule has 0 N–H and O–H groups in total. The third-order valence-corrected chi connectivity index (χ3v) is 4.33. The molecule has 152 valence electrons. The lowest BCUT2D eigenvalue weighted by Crippen LogP contribution is -1.84. The first-order chi connectivity index (χ1) is 15.1. The first-order valence-electron chi connectivity index (χ1n) is 9.61. The molecule has 0 saturated carbocycles. The number of rotatable bonds is 6. The molecule has 4 aromatic rings. The normalized spacial score (nSPS) is 11.3. The molecule has 4 rings (SSSR count). The molecule has 0 heterocycles. The number of nitrogens with zero attached hydrogens (tertiary/aromatic N) is 2. The van der Waals surface area contributed by atoms with Crippen LogP contribution in [0.1, 0.15) is 11.1 Å². The number of halogens is 2. The first-order valence-corrected chi connectivity index (χ1v) is 9.61. The minimum atomic E-state index is -0.293. The Morgan fingerprint density at radius 1 is 0.548 bits per heavy atom. The van der Waals surface area contributed by atoms with Crippen molar-refractivity contribution in [2.24, 2.45) is 9.98 Å². The summed E-state index contributed by atoms with van der Waals surface area (Å²) in [5.74, 6) is 0.748. The van der Waals surface area contributed by atoms with Crippen molar-refractivity contribution in [3.05, 3.63) is 120 Å². The molecule has 0 spiro atoms. The molecule has 0 aliphatic heterocycles. The van der Waals surface area contributed by atoms with Crippen LogP contribution in [0.15, 0.2) is 107 Å². The second-order valence-electron chi connectivity index (χ2n) is 6.72. The van der Waals surface area contributed by atoms with Gasteiger partial charge in [-0.2, -0.15) is 0 Å². The van der Waals surface area contributed by atoms with Gasteiger partial charge in [-0.05, 0) is 83.9 Å². The molecule has 4 aromatic carbocycles. The average molecular weight is 412 g/mol. The van der Waals surface area contributed by atoms with Gasteiger partial charge in [-0.3, -0.25) is 9.98 Å². The molecule has 0 aromatic heterocycles. The Hall–Kier alpha value is -4.12. The van der Waals surface area contributed by atoms with Gasteiger partial charge in [0, 0.05) is 12.4 Å². The maximum absolute atomic E-state index is 13.2. The van der Waals surface area contributed by atoms with Crippen LogP contribution in [0.25, 0.3) is 0 Å². The Morgan fingerprint density at radius 3 is 1.35 bits per heavy atom. The largest absolute Gasteiger partial charge is 0.457 e. The van der Waals surface area contributed by atoms with Gasteiger partial charge in [0.1, 0.15) is 23.1 Å². The molecule has 0 saturated heterocycles. The fourth-order valence-electron chi connectivity index (χ4n) is 2.81. The lowest BCUT2D eigenvalue weighted by molar-refractivity contribution is 0.483. The molecule has 0 atom stereocenters. The van der Waals surface area contributed by atoms with E-state index in [2.05, 4.69) is 9.98 Å². The zero-order valence-corrected chi connectivity index (χ0v) is 16.5. The number of hydrogen-bond donors (Lipinski definition) is 0. The highest BCUT2D eigenvalue weighted by Crippen LogP contribution is 2.26. The summed E-state index contributed by atoms with van der Waals surface area (Å²) in [5.41, 5.74) is 2.86. The molecule has 5 heteroatoms. The Morgan fingerprint density at radius 2 is 0.968 bits per heavy atom.